The van der Waals surface area contributed by atoms with Crippen LogP contribution in [0.4, 0.5) is 0 Å². The van der Waals surface area contributed by atoms with E-state index in [-0.39, 0.29) is 5.91 Å². The fourth-order valence-electron chi connectivity index (χ4n) is 1.91. The summed E-state index contributed by atoms with van der Waals surface area (Å²) >= 11 is 9.35. The van der Waals surface area contributed by atoms with E-state index in [9.17, 15) is 4.79 Å². The van der Waals surface area contributed by atoms with Crippen molar-refractivity contribution in [3.63, 3.8) is 0 Å². The molecule has 1 amide bonds. The van der Waals surface area contributed by atoms with Crippen molar-refractivity contribution in [3.05, 3.63) is 69.2 Å². The number of carbonyl (C=O) groups excluding carboxylic acids is 1. The highest BCUT2D eigenvalue weighted by Gasteiger charge is 2.09. The van der Waals surface area contributed by atoms with Crippen LogP contribution in [0.5, 0.6) is 0 Å². The molecular formula is C17H17BrClNO2. The number of hydrogen-bond acceptors (Lipinski definition) is 2. The van der Waals surface area contributed by atoms with Crippen molar-refractivity contribution in [2.75, 3.05) is 13.2 Å². The molecular weight excluding hydrogens is 366 g/mol. The van der Waals surface area contributed by atoms with E-state index >= 15 is 0 Å². The minimum Gasteiger partial charge on any atom is -0.377 e. The molecule has 5 heteroatoms. The fraction of sp³-hybridized carbons (Fsp3) is 0.235. The van der Waals surface area contributed by atoms with Gasteiger partial charge in [-0.15, -0.1) is 0 Å². The summed E-state index contributed by atoms with van der Waals surface area (Å²) in [5, 5.41) is 3.29. The molecule has 2 rings (SSSR count). The summed E-state index contributed by atoms with van der Waals surface area (Å²) in [6, 6.07) is 15.2. The van der Waals surface area contributed by atoms with E-state index in [4.69, 9.17) is 16.3 Å². The van der Waals surface area contributed by atoms with Crippen LogP contribution < -0.4 is 5.32 Å². The third-order valence-electron chi connectivity index (χ3n) is 3.04. The Bertz CT molecular complexity index is 619. The summed E-state index contributed by atoms with van der Waals surface area (Å²) in [4.78, 5) is 12.0. The highest BCUT2D eigenvalue weighted by atomic mass is 79.9. The van der Waals surface area contributed by atoms with Crippen LogP contribution in [0.15, 0.2) is 53.0 Å². The predicted octanol–water partition coefficient (Wildman–Crippen LogP) is 4.44. The van der Waals surface area contributed by atoms with Crippen LogP contribution in [0.1, 0.15) is 22.3 Å². The van der Waals surface area contributed by atoms with Gasteiger partial charge in [0.1, 0.15) is 0 Å². The second kappa shape index (κ2) is 8.93. The zero-order chi connectivity index (χ0) is 15.8. The first-order valence-electron chi connectivity index (χ1n) is 7.02. The summed E-state index contributed by atoms with van der Waals surface area (Å²) in [5.41, 5.74) is 1.62. The van der Waals surface area contributed by atoms with E-state index in [0.29, 0.717) is 30.3 Å². The first kappa shape index (κ1) is 17.0. The zero-order valence-electron chi connectivity index (χ0n) is 12.0. The van der Waals surface area contributed by atoms with Crippen molar-refractivity contribution in [2.45, 2.75) is 13.0 Å². The molecule has 0 unspecified atom stereocenters. The molecule has 0 aliphatic carbocycles. The van der Waals surface area contributed by atoms with Gasteiger partial charge in [0.2, 0.25) is 0 Å². The molecule has 0 aromatic heterocycles. The van der Waals surface area contributed by atoms with Crippen LogP contribution in [0.2, 0.25) is 5.02 Å². The molecule has 116 valence electrons. The molecule has 0 aliphatic rings. The maximum Gasteiger partial charge on any atom is 0.252 e. The molecule has 22 heavy (non-hydrogen) atoms. The zero-order valence-corrected chi connectivity index (χ0v) is 14.4. The van der Waals surface area contributed by atoms with E-state index in [1.807, 2.05) is 30.3 Å². The number of halogens is 2. The quantitative estimate of drug-likeness (QED) is 0.719. The largest absolute Gasteiger partial charge is 0.377 e. The molecule has 2 aromatic carbocycles. The van der Waals surface area contributed by atoms with Gasteiger partial charge in [-0.2, -0.15) is 0 Å². The van der Waals surface area contributed by atoms with Crippen LogP contribution in [0.25, 0.3) is 0 Å². The topological polar surface area (TPSA) is 38.3 Å². The lowest BCUT2D eigenvalue weighted by Crippen LogP contribution is -2.25. The summed E-state index contributed by atoms with van der Waals surface area (Å²) in [7, 11) is 0. The maximum absolute atomic E-state index is 12.0. The van der Waals surface area contributed by atoms with Crippen molar-refractivity contribution in [2.24, 2.45) is 0 Å². The number of carbonyl (C=O) groups is 1. The monoisotopic (exact) mass is 381 g/mol. The summed E-state index contributed by atoms with van der Waals surface area (Å²) in [6.45, 7) is 1.74. The number of hydrogen-bond donors (Lipinski definition) is 1. The van der Waals surface area contributed by atoms with Gasteiger partial charge in [-0.05, 0) is 30.2 Å². The Balaban J connectivity index is 1.66. The van der Waals surface area contributed by atoms with E-state index in [1.165, 1.54) is 0 Å². The smallest absolute Gasteiger partial charge is 0.252 e. The number of benzene rings is 2. The molecule has 0 saturated carbocycles. The Morgan fingerprint density at radius 3 is 2.73 bits per heavy atom. The molecule has 0 atom stereocenters. The highest BCUT2D eigenvalue weighted by molar-refractivity contribution is 9.10. The van der Waals surface area contributed by atoms with Gasteiger partial charge in [-0.1, -0.05) is 57.9 Å². The van der Waals surface area contributed by atoms with Crippen LogP contribution >= 0.6 is 27.5 Å². The molecule has 3 nitrogen and oxygen atoms in total. The van der Waals surface area contributed by atoms with Gasteiger partial charge in [-0.3, -0.25) is 4.79 Å². The fourth-order valence-corrected chi connectivity index (χ4v) is 2.47. The van der Waals surface area contributed by atoms with Gasteiger partial charge in [0.25, 0.3) is 5.91 Å². The van der Waals surface area contributed by atoms with Crippen molar-refractivity contribution in [3.8, 4) is 0 Å². The van der Waals surface area contributed by atoms with E-state index in [2.05, 4.69) is 21.2 Å². The first-order chi connectivity index (χ1) is 10.7. The third kappa shape index (κ3) is 5.44. The Kier molecular flexibility index (Phi) is 6.90. The van der Waals surface area contributed by atoms with Crippen molar-refractivity contribution in [1.29, 1.82) is 0 Å². The molecule has 0 fully saturated rings. The second-order valence-electron chi connectivity index (χ2n) is 4.77. The van der Waals surface area contributed by atoms with Crippen molar-refractivity contribution in [1.82, 2.24) is 5.32 Å². The maximum atomic E-state index is 12.0. The number of nitrogens with one attached hydrogen (secondary N) is 1. The second-order valence-corrected chi connectivity index (χ2v) is 6.09. The first-order valence-corrected chi connectivity index (χ1v) is 8.19. The Labute approximate surface area is 143 Å². The minimum atomic E-state index is -0.172. The minimum absolute atomic E-state index is 0.172. The van der Waals surface area contributed by atoms with Crippen LogP contribution in [-0.2, 0) is 11.3 Å². The average Bonchev–Trinajstić information content (AvgIpc) is 2.54. The Morgan fingerprint density at radius 2 is 1.95 bits per heavy atom. The highest BCUT2D eigenvalue weighted by Crippen LogP contribution is 2.20. The van der Waals surface area contributed by atoms with Gasteiger partial charge in [0.15, 0.2) is 0 Å². The average molecular weight is 383 g/mol. The predicted molar refractivity (Wildman–Crippen MR) is 92.2 cm³/mol. The normalized spacial score (nSPS) is 10.5. The molecule has 1 N–H and O–H groups in total. The van der Waals surface area contributed by atoms with Gasteiger partial charge in [0, 0.05) is 17.6 Å². The standard InChI is InChI=1S/C17H17BrClNO2/c18-14-7-8-16(19)15(11-14)17(21)20-9-4-10-22-12-13-5-2-1-3-6-13/h1-3,5-8,11H,4,9-10,12H2,(H,20,21). The number of ether oxygens (including phenoxy) is 1. The molecule has 0 heterocycles. The van der Waals surface area contributed by atoms with Crippen LogP contribution in [0.3, 0.4) is 0 Å². The summed E-state index contributed by atoms with van der Waals surface area (Å²) in [5.74, 6) is -0.172. The summed E-state index contributed by atoms with van der Waals surface area (Å²) < 4.78 is 6.39. The van der Waals surface area contributed by atoms with Gasteiger partial charge < -0.3 is 10.1 Å². The van der Waals surface area contributed by atoms with Crippen LogP contribution in [-0.4, -0.2) is 19.1 Å². The molecule has 2 aromatic rings. The lowest BCUT2D eigenvalue weighted by atomic mass is 10.2. The molecule has 0 aliphatic heterocycles. The third-order valence-corrected chi connectivity index (χ3v) is 3.86. The van der Waals surface area contributed by atoms with E-state index < -0.39 is 0 Å². The molecule has 0 radical (unpaired) electrons. The van der Waals surface area contributed by atoms with E-state index in [1.54, 1.807) is 18.2 Å². The SMILES string of the molecule is O=C(NCCCOCc1ccccc1)c1cc(Br)ccc1Cl. The van der Waals surface area contributed by atoms with Crippen LogP contribution in [0, 0.1) is 0 Å². The molecule has 0 saturated heterocycles. The van der Waals surface area contributed by atoms with Crippen molar-refractivity contribution >= 4 is 33.4 Å². The Morgan fingerprint density at radius 1 is 1.18 bits per heavy atom. The summed E-state index contributed by atoms with van der Waals surface area (Å²) in [6.07, 6.45) is 0.754. The van der Waals surface area contributed by atoms with Gasteiger partial charge in [0.05, 0.1) is 17.2 Å². The van der Waals surface area contributed by atoms with Crippen molar-refractivity contribution < 1.29 is 9.53 Å². The lowest BCUT2D eigenvalue weighted by molar-refractivity contribution is 0.0934. The Hall–Kier alpha value is -1.36. The molecule has 0 spiro atoms. The van der Waals surface area contributed by atoms with E-state index in [0.717, 1.165) is 16.5 Å². The number of amides is 1. The number of rotatable bonds is 7. The molecule has 0 bridgehead atoms. The lowest BCUT2D eigenvalue weighted by Gasteiger charge is -2.08. The van der Waals surface area contributed by atoms with Gasteiger partial charge >= 0.3 is 0 Å². The van der Waals surface area contributed by atoms with Gasteiger partial charge in [-0.25, -0.2) is 0 Å².